The van der Waals surface area contributed by atoms with Crippen LogP contribution in [0.4, 0.5) is 17.2 Å². The fourth-order valence-corrected chi connectivity index (χ4v) is 3.33. The molecule has 0 saturated heterocycles. The van der Waals surface area contributed by atoms with Crippen LogP contribution in [0.15, 0.2) is 42.0 Å². The van der Waals surface area contributed by atoms with Gasteiger partial charge in [-0.15, -0.1) is 0 Å². The van der Waals surface area contributed by atoms with E-state index >= 15 is 0 Å². The molecular weight excluding hydrogens is 366 g/mol. The first-order valence-electron chi connectivity index (χ1n) is 9.96. The first-order valence-corrected chi connectivity index (χ1v) is 9.96. The van der Waals surface area contributed by atoms with Gasteiger partial charge in [-0.3, -0.25) is 9.59 Å². The molecule has 1 heterocycles. The molecule has 3 rings (SSSR count). The minimum Gasteiger partial charge on any atom is -0.350 e. The topological polar surface area (TPSA) is 96.0 Å². The van der Waals surface area contributed by atoms with Crippen LogP contribution in [0.5, 0.6) is 0 Å². The number of allylic oxidation sites excluding steroid dienone is 1. The van der Waals surface area contributed by atoms with Gasteiger partial charge in [-0.25, -0.2) is 9.97 Å². The zero-order valence-corrected chi connectivity index (χ0v) is 16.9. The second-order valence-corrected chi connectivity index (χ2v) is 7.19. The van der Waals surface area contributed by atoms with Crippen molar-refractivity contribution in [2.45, 2.75) is 46.0 Å². The molecule has 0 fully saturated rings. The standard InChI is InChI=1S/C22H27N5O2/c1-15-24-20(22(29)23-12-11-17-7-4-3-5-8-17)14-21(25-15)27-19-10-6-9-18(13-19)26-16(2)28/h6-7,9-10,13-14H,3-5,8,11-12H2,1-2H3,(H,23,29)(H,26,28)(H,24,25,27). The second kappa shape index (κ2) is 9.82. The fourth-order valence-electron chi connectivity index (χ4n) is 3.33. The van der Waals surface area contributed by atoms with E-state index in [-0.39, 0.29) is 11.8 Å². The summed E-state index contributed by atoms with van der Waals surface area (Å²) in [6.07, 6.45) is 7.96. The van der Waals surface area contributed by atoms with Crippen molar-refractivity contribution in [3.63, 3.8) is 0 Å². The normalized spacial score (nSPS) is 13.4. The molecular formula is C22H27N5O2. The maximum absolute atomic E-state index is 12.5. The van der Waals surface area contributed by atoms with Crippen LogP contribution in [0.25, 0.3) is 0 Å². The number of hydrogen-bond acceptors (Lipinski definition) is 5. The lowest BCUT2D eigenvalue weighted by Crippen LogP contribution is -2.26. The number of anilines is 3. The van der Waals surface area contributed by atoms with Crippen LogP contribution in [0.1, 0.15) is 55.3 Å². The molecule has 29 heavy (non-hydrogen) atoms. The van der Waals surface area contributed by atoms with E-state index in [4.69, 9.17) is 0 Å². The van der Waals surface area contributed by atoms with Gasteiger partial charge in [0.05, 0.1) is 0 Å². The predicted molar refractivity (Wildman–Crippen MR) is 114 cm³/mol. The Morgan fingerprint density at radius 3 is 2.69 bits per heavy atom. The lowest BCUT2D eigenvalue weighted by molar-refractivity contribution is -0.114. The van der Waals surface area contributed by atoms with E-state index in [1.165, 1.54) is 25.3 Å². The number of aryl methyl sites for hydroxylation is 1. The van der Waals surface area contributed by atoms with Crippen LogP contribution in [0.2, 0.25) is 0 Å². The summed E-state index contributed by atoms with van der Waals surface area (Å²) >= 11 is 0. The van der Waals surface area contributed by atoms with Crippen molar-refractivity contribution < 1.29 is 9.59 Å². The Morgan fingerprint density at radius 1 is 1.10 bits per heavy atom. The highest BCUT2D eigenvalue weighted by atomic mass is 16.2. The highest BCUT2D eigenvalue weighted by molar-refractivity contribution is 5.93. The molecule has 2 aromatic rings. The molecule has 0 aliphatic heterocycles. The van der Waals surface area contributed by atoms with Crippen LogP contribution in [0, 0.1) is 6.92 Å². The number of amides is 2. The molecule has 0 spiro atoms. The van der Waals surface area contributed by atoms with Crippen molar-refractivity contribution in [3.8, 4) is 0 Å². The SMILES string of the molecule is CC(=O)Nc1cccc(Nc2cc(C(=O)NCCC3=CCCCC3)nc(C)n2)c1. The van der Waals surface area contributed by atoms with E-state index < -0.39 is 0 Å². The molecule has 1 aromatic carbocycles. The fraction of sp³-hybridized carbons (Fsp3) is 0.364. The molecule has 0 atom stereocenters. The molecule has 1 aliphatic carbocycles. The number of rotatable bonds is 7. The molecule has 0 unspecified atom stereocenters. The second-order valence-electron chi connectivity index (χ2n) is 7.19. The Kier molecular flexibility index (Phi) is 6.94. The van der Waals surface area contributed by atoms with Gasteiger partial charge in [0.25, 0.3) is 5.91 Å². The molecule has 0 radical (unpaired) electrons. The van der Waals surface area contributed by atoms with Crippen molar-refractivity contribution in [2.24, 2.45) is 0 Å². The third-order valence-electron chi connectivity index (χ3n) is 4.64. The molecule has 7 nitrogen and oxygen atoms in total. The van der Waals surface area contributed by atoms with Crippen LogP contribution in [0.3, 0.4) is 0 Å². The summed E-state index contributed by atoms with van der Waals surface area (Å²) in [4.78, 5) is 32.4. The lowest BCUT2D eigenvalue weighted by Gasteiger charge is -2.13. The summed E-state index contributed by atoms with van der Waals surface area (Å²) in [5.74, 6) is 0.690. The van der Waals surface area contributed by atoms with Crippen molar-refractivity contribution >= 4 is 29.0 Å². The summed E-state index contributed by atoms with van der Waals surface area (Å²) < 4.78 is 0. The van der Waals surface area contributed by atoms with E-state index in [0.29, 0.717) is 29.6 Å². The van der Waals surface area contributed by atoms with Crippen LogP contribution >= 0.6 is 0 Å². The number of hydrogen-bond donors (Lipinski definition) is 3. The van der Waals surface area contributed by atoms with Gasteiger partial charge >= 0.3 is 0 Å². The zero-order valence-electron chi connectivity index (χ0n) is 16.9. The minimum absolute atomic E-state index is 0.136. The van der Waals surface area contributed by atoms with E-state index in [9.17, 15) is 9.59 Å². The molecule has 2 amide bonds. The smallest absolute Gasteiger partial charge is 0.270 e. The summed E-state index contributed by atoms with van der Waals surface area (Å²) in [6, 6.07) is 8.93. The number of nitrogens with one attached hydrogen (secondary N) is 3. The third kappa shape index (κ3) is 6.41. The van der Waals surface area contributed by atoms with Crippen LogP contribution in [-0.4, -0.2) is 28.3 Å². The number of carbonyl (C=O) groups is 2. The van der Waals surface area contributed by atoms with Crippen LogP contribution < -0.4 is 16.0 Å². The Labute approximate surface area is 171 Å². The number of nitrogens with zero attached hydrogens (tertiary/aromatic N) is 2. The summed E-state index contributed by atoms with van der Waals surface area (Å²) in [5.41, 5.74) is 3.20. The van der Waals surface area contributed by atoms with Gasteiger partial charge in [0, 0.05) is 30.9 Å². The maximum atomic E-state index is 12.5. The quantitative estimate of drug-likeness (QED) is 0.615. The van der Waals surface area contributed by atoms with Crippen molar-refractivity contribution in [1.82, 2.24) is 15.3 Å². The van der Waals surface area contributed by atoms with Gasteiger partial charge in [0.2, 0.25) is 5.91 Å². The Morgan fingerprint density at radius 2 is 1.93 bits per heavy atom. The van der Waals surface area contributed by atoms with Gasteiger partial charge < -0.3 is 16.0 Å². The molecule has 3 N–H and O–H groups in total. The monoisotopic (exact) mass is 393 g/mol. The first kappa shape index (κ1) is 20.5. The van der Waals surface area contributed by atoms with Crippen molar-refractivity contribution in [3.05, 3.63) is 53.5 Å². The summed E-state index contributed by atoms with van der Waals surface area (Å²) in [6.45, 7) is 3.82. The number of carbonyl (C=O) groups excluding carboxylic acids is 2. The Hall–Kier alpha value is -3.22. The minimum atomic E-state index is -0.207. The van der Waals surface area contributed by atoms with E-state index in [1.54, 1.807) is 25.1 Å². The molecule has 1 aromatic heterocycles. The summed E-state index contributed by atoms with van der Waals surface area (Å²) in [7, 11) is 0. The van der Waals surface area contributed by atoms with Crippen LogP contribution in [-0.2, 0) is 4.79 Å². The van der Waals surface area contributed by atoms with Gasteiger partial charge in [-0.1, -0.05) is 17.7 Å². The van der Waals surface area contributed by atoms with Gasteiger partial charge in [0.15, 0.2) is 0 Å². The third-order valence-corrected chi connectivity index (χ3v) is 4.64. The highest BCUT2D eigenvalue weighted by Crippen LogP contribution is 2.21. The van der Waals surface area contributed by atoms with Gasteiger partial charge in [-0.05, 0) is 57.2 Å². The Balaban J connectivity index is 1.63. The van der Waals surface area contributed by atoms with E-state index in [1.807, 2.05) is 12.1 Å². The first-order chi connectivity index (χ1) is 14.0. The molecule has 7 heteroatoms. The van der Waals surface area contributed by atoms with Gasteiger partial charge in [0.1, 0.15) is 17.3 Å². The lowest BCUT2D eigenvalue weighted by atomic mass is 9.97. The van der Waals surface area contributed by atoms with E-state index in [0.717, 1.165) is 24.9 Å². The van der Waals surface area contributed by atoms with E-state index in [2.05, 4.69) is 32.0 Å². The summed E-state index contributed by atoms with van der Waals surface area (Å²) in [5, 5.41) is 8.86. The number of benzene rings is 1. The zero-order chi connectivity index (χ0) is 20.6. The highest BCUT2D eigenvalue weighted by Gasteiger charge is 2.11. The van der Waals surface area contributed by atoms with Crippen molar-refractivity contribution in [1.29, 1.82) is 0 Å². The molecule has 0 bridgehead atoms. The molecule has 152 valence electrons. The average molecular weight is 393 g/mol. The van der Waals surface area contributed by atoms with Gasteiger partial charge in [-0.2, -0.15) is 0 Å². The van der Waals surface area contributed by atoms with Crippen molar-refractivity contribution in [2.75, 3.05) is 17.2 Å². The molecule has 1 aliphatic rings. The largest absolute Gasteiger partial charge is 0.350 e. The molecule has 0 saturated carbocycles. The average Bonchev–Trinajstić information content (AvgIpc) is 2.68. The maximum Gasteiger partial charge on any atom is 0.270 e. The number of aromatic nitrogens is 2. The Bertz CT molecular complexity index is 923. The predicted octanol–water partition coefficient (Wildman–Crippen LogP) is 4.11.